The molecule has 1 aliphatic rings. The van der Waals surface area contributed by atoms with Crippen LogP contribution in [0, 0.1) is 0 Å². The zero-order chi connectivity index (χ0) is 10.2. The quantitative estimate of drug-likeness (QED) is 0.725. The van der Waals surface area contributed by atoms with Crippen LogP contribution in [0.2, 0.25) is 0 Å². The minimum atomic E-state index is -2.30. The molecule has 1 nitrogen and oxygen atoms in total. The summed E-state index contributed by atoms with van der Waals surface area (Å²) in [5.74, 6) is 0. The van der Waals surface area contributed by atoms with E-state index >= 15 is 0 Å². The van der Waals surface area contributed by atoms with Crippen molar-refractivity contribution in [2.75, 3.05) is 5.73 Å². The summed E-state index contributed by atoms with van der Waals surface area (Å²) in [7, 11) is 0. The fourth-order valence-electron chi connectivity index (χ4n) is 2.11. The van der Waals surface area contributed by atoms with Crippen LogP contribution in [0.1, 0.15) is 24.8 Å². The van der Waals surface area contributed by atoms with Crippen LogP contribution in [0.3, 0.4) is 0 Å². The molecular weight excluding hydrogens is 184 g/mol. The molecule has 0 amide bonds. The molecule has 0 aromatic heterocycles. The molecule has 0 aliphatic heterocycles. The molecule has 14 heavy (non-hydrogen) atoms. The van der Waals surface area contributed by atoms with Gasteiger partial charge in [0.05, 0.1) is 5.41 Å². The molecule has 2 N–H and O–H groups in total. The van der Waals surface area contributed by atoms with Gasteiger partial charge in [-0.05, 0) is 24.5 Å². The smallest absolute Gasteiger partial charge is 0.248 e. The Bertz CT molecular complexity index is 332. The fourth-order valence-corrected chi connectivity index (χ4v) is 2.11. The van der Waals surface area contributed by atoms with E-state index in [1.165, 1.54) is 0 Å². The molecule has 76 valence electrons. The molecular formula is C11H13F2N. The maximum absolute atomic E-state index is 12.9. The lowest BCUT2D eigenvalue weighted by Gasteiger charge is -2.42. The lowest BCUT2D eigenvalue weighted by molar-refractivity contribution is 0.00128. The zero-order valence-corrected chi connectivity index (χ0v) is 7.84. The van der Waals surface area contributed by atoms with Crippen LogP contribution in [-0.4, -0.2) is 6.43 Å². The first kappa shape index (κ1) is 9.44. The summed E-state index contributed by atoms with van der Waals surface area (Å²) in [6.45, 7) is 0. The second kappa shape index (κ2) is 3.23. The standard InChI is InChI=1S/C11H13F2N/c12-10(13)11(6-3-7-11)8-4-1-2-5-9(8)14/h1-2,4-5,10H,3,6-7,14H2. The summed E-state index contributed by atoms with van der Waals surface area (Å²) >= 11 is 0. The summed E-state index contributed by atoms with van der Waals surface area (Å²) in [5.41, 5.74) is 5.89. The topological polar surface area (TPSA) is 26.0 Å². The number of nitrogen functional groups attached to an aromatic ring is 1. The van der Waals surface area contributed by atoms with Gasteiger partial charge in [0.1, 0.15) is 0 Å². The Morgan fingerprint density at radius 3 is 2.29 bits per heavy atom. The van der Waals surface area contributed by atoms with Crippen molar-refractivity contribution in [2.24, 2.45) is 0 Å². The Balaban J connectivity index is 2.42. The maximum Gasteiger partial charge on any atom is 0.248 e. The molecule has 0 heterocycles. The molecule has 2 rings (SSSR count). The van der Waals surface area contributed by atoms with Crippen molar-refractivity contribution in [3.8, 4) is 0 Å². The Kier molecular flexibility index (Phi) is 2.17. The third-order valence-electron chi connectivity index (χ3n) is 3.16. The van der Waals surface area contributed by atoms with Gasteiger partial charge in [0, 0.05) is 5.69 Å². The lowest BCUT2D eigenvalue weighted by atomic mass is 9.64. The van der Waals surface area contributed by atoms with E-state index in [9.17, 15) is 8.78 Å². The summed E-state index contributed by atoms with van der Waals surface area (Å²) in [5, 5.41) is 0. The van der Waals surface area contributed by atoms with E-state index in [-0.39, 0.29) is 0 Å². The van der Waals surface area contributed by atoms with Crippen molar-refractivity contribution < 1.29 is 8.78 Å². The van der Waals surface area contributed by atoms with E-state index in [2.05, 4.69) is 0 Å². The molecule has 1 fully saturated rings. The molecule has 0 radical (unpaired) electrons. The van der Waals surface area contributed by atoms with Crippen molar-refractivity contribution in [1.82, 2.24) is 0 Å². The Hall–Kier alpha value is -1.12. The number of anilines is 1. The second-order valence-electron chi connectivity index (χ2n) is 3.90. The first-order valence-corrected chi connectivity index (χ1v) is 4.80. The minimum absolute atomic E-state index is 0.493. The highest BCUT2D eigenvalue weighted by molar-refractivity contribution is 5.52. The van der Waals surface area contributed by atoms with Gasteiger partial charge in [-0.25, -0.2) is 8.78 Å². The highest BCUT2D eigenvalue weighted by atomic mass is 19.3. The summed E-state index contributed by atoms with van der Waals surface area (Å²) < 4.78 is 25.9. The molecule has 0 saturated heterocycles. The van der Waals surface area contributed by atoms with Crippen LogP contribution < -0.4 is 5.73 Å². The van der Waals surface area contributed by atoms with E-state index < -0.39 is 11.8 Å². The number of hydrogen-bond donors (Lipinski definition) is 1. The number of rotatable bonds is 2. The summed E-state index contributed by atoms with van der Waals surface area (Å²) in [6, 6.07) is 6.96. The normalized spacial score (nSPS) is 19.4. The van der Waals surface area contributed by atoms with Gasteiger partial charge in [0.25, 0.3) is 0 Å². The van der Waals surface area contributed by atoms with Gasteiger partial charge in [-0.3, -0.25) is 0 Å². The Labute approximate surface area is 81.9 Å². The predicted octanol–water partition coefficient (Wildman–Crippen LogP) is 2.96. The Morgan fingerprint density at radius 2 is 1.86 bits per heavy atom. The van der Waals surface area contributed by atoms with Crippen LogP contribution >= 0.6 is 0 Å². The predicted molar refractivity (Wildman–Crippen MR) is 52.4 cm³/mol. The number of alkyl halides is 2. The van der Waals surface area contributed by atoms with Gasteiger partial charge in [-0.15, -0.1) is 0 Å². The van der Waals surface area contributed by atoms with Gasteiger partial charge < -0.3 is 5.73 Å². The number of nitrogens with two attached hydrogens (primary N) is 1. The number of benzene rings is 1. The number of para-hydroxylation sites is 1. The minimum Gasteiger partial charge on any atom is -0.398 e. The molecule has 0 atom stereocenters. The van der Waals surface area contributed by atoms with E-state index in [1.54, 1.807) is 24.3 Å². The van der Waals surface area contributed by atoms with Crippen LogP contribution in [-0.2, 0) is 5.41 Å². The van der Waals surface area contributed by atoms with Crippen molar-refractivity contribution in [2.45, 2.75) is 31.1 Å². The molecule has 1 aromatic carbocycles. The number of hydrogen-bond acceptors (Lipinski definition) is 1. The van der Waals surface area contributed by atoms with E-state index in [0.717, 1.165) is 6.42 Å². The third kappa shape index (κ3) is 1.19. The molecule has 1 aliphatic carbocycles. The highest BCUT2D eigenvalue weighted by Crippen LogP contribution is 2.49. The summed E-state index contributed by atoms with van der Waals surface area (Å²) in [4.78, 5) is 0. The number of halogens is 2. The lowest BCUT2D eigenvalue weighted by Crippen LogP contribution is -2.41. The fraction of sp³-hybridized carbons (Fsp3) is 0.455. The van der Waals surface area contributed by atoms with Gasteiger partial charge in [0.15, 0.2) is 0 Å². The molecule has 1 aromatic rings. The van der Waals surface area contributed by atoms with Crippen LogP contribution in [0.4, 0.5) is 14.5 Å². The van der Waals surface area contributed by atoms with E-state index in [4.69, 9.17) is 5.73 Å². The van der Waals surface area contributed by atoms with Gasteiger partial charge in [-0.2, -0.15) is 0 Å². The molecule has 0 bridgehead atoms. The van der Waals surface area contributed by atoms with Crippen molar-refractivity contribution in [3.05, 3.63) is 29.8 Å². The van der Waals surface area contributed by atoms with Gasteiger partial charge in [-0.1, -0.05) is 24.6 Å². The zero-order valence-electron chi connectivity index (χ0n) is 7.84. The van der Waals surface area contributed by atoms with Gasteiger partial charge >= 0.3 is 0 Å². The van der Waals surface area contributed by atoms with Crippen LogP contribution in [0.25, 0.3) is 0 Å². The monoisotopic (exact) mass is 197 g/mol. The molecule has 0 unspecified atom stereocenters. The first-order valence-electron chi connectivity index (χ1n) is 4.80. The molecule has 0 spiro atoms. The molecule has 1 saturated carbocycles. The third-order valence-corrected chi connectivity index (χ3v) is 3.16. The van der Waals surface area contributed by atoms with Crippen LogP contribution in [0.15, 0.2) is 24.3 Å². The van der Waals surface area contributed by atoms with Crippen molar-refractivity contribution >= 4 is 5.69 Å². The summed E-state index contributed by atoms with van der Waals surface area (Å²) in [6.07, 6.45) is -0.322. The van der Waals surface area contributed by atoms with Crippen molar-refractivity contribution in [3.63, 3.8) is 0 Å². The largest absolute Gasteiger partial charge is 0.398 e. The first-order chi connectivity index (χ1) is 6.67. The SMILES string of the molecule is Nc1ccccc1C1(C(F)F)CCC1. The second-order valence-corrected chi connectivity index (χ2v) is 3.90. The average molecular weight is 197 g/mol. The molecule has 3 heteroatoms. The Morgan fingerprint density at radius 1 is 1.21 bits per heavy atom. The highest BCUT2D eigenvalue weighted by Gasteiger charge is 2.47. The van der Waals surface area contributed by atoms with E-state index in [0.29, 0.717) is 24.1 Å². The van der Waals surface area contributed by atoms with Gasteiger partial charge in [0.2, 0.25) is 6.43 Å². The average Bonchev–Trinajstić information content (AvgIpc) is 2.05. The maximum atomic E-state index is 12.9. The van der Waals surface area contributed by atoms with E-state index in [1.807, 2.05) is 0 Å². The van der Waals surface area contributed by atoms with Crippen molar-refractivity contribution in [1.29, 1.82) is 0 Å². The van der Waals surface area contributed by atoms with Crippen LogP contribution in [0.5, 0.6) is 0 Å².